The Morgan fingerprint density at radius 2 is 2.00 bits per heavy atom. The first-order valence-corrected chi connectivity index (χ1v) is 7.84. The SMILES string of the molecule is CCCc1ccccc1NS(=O)(=O)N(C)CCC(=O)O. The number of nitrogens with one attached hydrogen (secondary N) is 1. The van der Waals surface area contributed by atoms with Crippen molar-refractivity contribution in [2.24, 2.45) is 0 Å². The minimum absolute atomic E-state index is 0.0688. The standard InChI is InChI=1S/C13H20N2O4S/c1-3-6-11-7-4-5-8-12(11)14-20(18,19)15(2)10-9-13(16)17/h4-5,7-8,14H,3,6,9-10H2,1-2H3,(H,16,17). The normalized spacial score (nSPS) is 11.6. The van der Waals surface area contributed by atoms with E-state index in [4.69, 9.17) is 5.11 Å². The highest BCUT2D eigenvalue weighted by atomic mass is 32.2. The number of carboxylic acids is 1. The highest BCUT2D eigenvalue weighted by Gasteiger charge is 2.19. The second-order valence-corrected chi connectivity index (χ2v) is 6.26. The lowest BCUT2D eigenvalue weighted by atomic mass is 10.1. The Morgan fingerprint density at radius 1 is 1.35 bits per heavy atom. The number of rotatable bonds is 8. The third kappa shape index (κ3) is 4.82. The van der Waals surface area contributed by atoms with Crippen molar-refractivity contribution in [2.45, 2.75) is 26.2 Å². The zero-order valence-electron chi connectivity index (χ0n) is 11.7. The maximum absolute atomic E-state index is 12.1. The van der Waals surface area contributed by atoms with E-state index in [0.29, 0.717) is 5.69 Å². The Balaban J connectivity index is 2.82. The smallest absolute Gasteiger partial charge is 0.304 e. The third-order valence-corrected chi connectivity index (χ3v) is 4.31. The van der Waals surface area contributed by atoms with E-state index in [0.717, 1.165) is 22.7 Å². The van der Waals surface area contributed by atoms with Gasteiger partial charge in [-0.05, 0) is 18.1 Å². The van der Waals surface area contributed by atoms with E-state index in [1.807, 2.05) is 19.1 Å². The fourth-order valence-electron chi connectivity index (χ4n) is 1.70. The molecule has 0 fully saturated rings. The van der Waals surface area contributed by atoms with Gasteiger partial charge in [0.05, 0.1) is 12.1 Å². The third-order valence-electron chi connectivity index (χ3n) is 2.83. The topological polar surface area (TPSA) is 86.7 Å². The molecular weight excluding hydrogens is 280 g/mol. The molecule has 0 heterocycles. The monoisotopic (exact) mass is 300 g/mol. The van der Waals surface area contributed by atoms with Gasteiger partial charge >= 0.3 is 16.2 Å². The van der Waals surface area contributed by atoms with Crippen LogP contribution in [0.1, 0.15) is 25.3 Å². The molecule has 0 unspecified atom stereocenters. The number of aliphatic carboxylic acids is 1. The highest BCUT2D eigenvalue weighted by Crippen LogP contribution is 2.19. The van der Waals surface area contributed by atoms with Crippen LogP contribution in [0, 0.1) is 0 Å². The van der Waals surface area contributed by atoms with E-state index >= 15 is 0 Å². The molecule has 0 amide bonds. The molecule has 0 aliphatic carbocycles. The zero-order chi connectivity index (χ0) is 15.2. The van der Waals surface area contributed by atoms with Crippen molar-refractivity contribution in [3.63, 3.8) is 0 Å². The Hall–Kier alpha value is -1.60. The van der Waals surface area contributed by atoms with Gasteiger partial charge in [0, 0.05) is 13.6 Å². The van der Waals surface area contributed by atoms with E-state index < -0.39 is 16.2 Å². The Labute approximate surface area is 119 Å². The lowest BCUT2D eigenvalue weighted by Gasteiger charge is -2.19. The molecule has 0 bridgehead atoms. The molecule has 0 atom stereocenters. The Bertz CT molecular complexity index is 557. The summed E-state index contributed by atoms with van der Waals surface area (Å²) in [6.07, 6.45) is 1.46. The van der Waals surface area contributed by atoms with Gasteiger partial charge in [-0.3, -0.25) is 9.52 Å². The quantitative estimate of drug-likeness (QED) is 0.765. The minimum Gasteiger partial charge on any atom is -0.481 e. The fourth-order valence-corrected chi connectivity index (χ4v) is 2.66. The largest absolute Gasteiger partial charge is 0.481 e. The predicted molar refractivity (Wildman–Crippen MR) is 77.9 cm³/mol. The molecule has 0 aromatic heterocycles. The van der Waals surface area contributed by atoms with Gasteiger partial charge in [0.2, 0.25) is 0 Å². The van der Waals surface area contributed by atoms with Crippen LogP contribution in [-0.4, -0.2) is 37.4 Å². The van der Waals surface area contributed by atoms with E-state index in [1.165, 1.54) is 7.05 Å². The van der Waals surface area contributed by atoms with Crippen LogP contribution >= 0.6 is 0 Å². The molecule has 20 heavy (non-hydrogen) atoms. The Kier molecular flexibility index (Phi) is 5.97. The number of carboxylic acid groups (broad SMARTS) is 1. The van der Waals surface area contributed by atoms with Gasteiger partial charge in [0.1, 0.15) is 0 Å². The van der Waals surface area contributed by atoms with Crippen molar-refractivity contribution < 1.29 is 18.3 Å². The number of hydrogen-bond donors (Lipinski definition) is 2. The van der Waals surface area contributed by atoms with E-state index in [-0.39, 0.29) is 13.0 Å². The predicted octanol–water partition coefficient (Wildman–Crippen LogP) is 1.70. The Morgan fingerprint density at radius 3 is 2.60 bits per heavy atom. The van der Waals surface area contributed by atoms with E-state index in [9.17, 15) is 13.2 Å². The summed E-state index contributed by atoms with van der Waals surface area (Å²) in [5.74, 6) is -1.03. The first-order chi connectivity index (χ1) is 9.36. The van der Waals surface area contributed by atoms with Gasteiger partial charge < -0.3 is 5.11 Å². The van der Waals surface area contributed by atoms with Crippen LogP contribution in [0.2, 0.25) is 0 Å². The summed E-state index contributed by atoms with van der Waals surface area (Å²) in [5, 5.41) is 8.59. The van der Waals surface area contributed by atoms with Crippen LogP contribution in [0.25, 0.3) is 0 Å². The van der Waals surface area contributed by atoms with Crippen molar-refractivity contribution in [1.29, 1.82) is 0 Å². The van der Waals surface area contributed by atoms with Gasteiger partial charge in [0.15, 0.2) is 0 Å². The molecule has 1 aromatic rings. The first-order valence-electron chi connectivity index (χ1n) is 6.40. The van der Waals surface area contributed by atoms with Gasteiger partial charge in [0.25, 0.3) is 0 Å². The maximum Gasteiger partial charge on any atom is 0.304 e. The second-order valence-electron chi connectivity index (χ2n) is 4.48. The second kappa shape index (κ2) is 7.25. The highest BCUT2D eigenvalue weighted by molar-refractivity contribution is 7.90. The van der Waals surface area contributed by atoms with Crippen molar-refractivity contribution >= 4 is 21.9 Å². The zero-order valence-corrected chi connectivity index (χ0v) is 12.5. The van der Waals surface area contributed by atoms with Crippen molar-refractivity contribution in [3.05, 3.63) is 29.8 Å². The molecular formula is C13H20N2O4S. The van der Waals surface area contributed by atoms with Crippen LogP contribution in [0.4, 0.5) is 5.69 Å². The molecule has 6 nitrogen and oxygen atoms in total. The number of hydrogen-bond acceptors (Lipinski definition) is 3. The molecule has 7 heteroatoms. The number of carbonyl (C=O) groups is 1. The molecule has 112 valence electrons. The van der Waals surface area contributed by atoms with Crippen molar-refractivity contribution in [3.8, 4) is 0 Å². The number of benzene rings is 1. The first kappa shape index (κ1) is 16.5. The molecule has 0 aliphatic rings. The molecule has 1 aromatic carbocycles. The summed E-state index contributed by atoms with van der Waals surface area (Å²) in [7, 11) is -2.37. The summed E-state index contributed by atoms with van der Waals surface area (Å²) in [5.41, 5.74) is 1.46. The van der Waals surface area contributed by atoms with Crippen LogP contribution in [0.15, 0.2) is 24.3 Å². The van der Waals surface area contributed by atoms with E-state index in [2.05, 4.69) is 4.72 Å². The van der Waals surface area contributed by atoms with Gasteiger partial charge in [-0.2, -0.15) is 12.7 Å². The molecule has 0 aliphatic heterocycles. The van der Waals surface area contributed by atoms with Crippen LogP contribution in [-0.2, 0) is 21.4 Å². The number of para-hydroxylation sites is 1. The molecule has 0 saturated carbocycles. The average Bonchev–Trinajstić information content (AvgIpc) is 2.38. The van der Waals surface area contributed by atoms with E-state index in [1.54, 1.807) is 12.1 Å². The van der Waals surface area contributed by atoms with Crippen LogP contribution < -0.4 is 4.72 Å². The van der Waals surface area contributed by atoms with Crippen molar-refractivity contribution in [1.82, 2.24) is 4.31 Å². The minimum atomic E-state index is -3.73. The summed E-state index contributed by atoms with van der Waals surface area (Å²) in [6.45, 7) is 1.95. The van der Waals surface area contributed by atoms with Gasteiger partial charge in [-0.1, -0.05) is 31.5 Å². The van der Waals surface area contributed by atoms with Crippen LogP contribution in [0.3, 0.4) is 0 Å². The molecule has 2 N–H and O–H groups in total. The lowest BCUT2D eigenvalue weighted by Crippen LogP contribution is -2.34. The number of anilines is 1. The van der Waals surface area contributed by atoms with Gasteiger partial charge in [-0.15, -0.1) is 0 Å². The van der Waals surface area contributed by atoms with Crippen LogP contribution in [0.5, 0.6) is 0 Å². The van der Waals surface area contributed by atoms with Crippen molar-refractivity contribution in [2.75, 3.05) is 18.3 Å². The average molecular weight is 300 g/mol. The lowest BCUT2D eigenvalue weighted by molar-refractivity contribution is -0.137. The fraction of sp³-hybridized carbons (Fsp3) is 0.462. The maximum atomic E-state index is 12.1. The number of nitrogens with zero attached hydrogens (tertiary/aromatic N) is 1. The summed E-state index contributed by atoms with van der Waals surface area (Å²) >= 11 is 0. The molecule has 0 spiro atoms. The molecule has 0 radical (unpaired) electrons. The number of aryl methyl sites for hydroxylation is 1. The summed E-state index contributed by atoms with van der Waals surface area (Å²) in [4.78, 5) is 10.5. The van der Waals surface area contributed by atoms with Gasteiger partial charge in [-0.25, -0.2) is 0 Å². The molecule has 0 saturated heterocycles. The molecule has 1 rings (SSSR count). The summed E-state index contributed by atoms with van der Waals surface area (Å²) < 4.78 is 27.7. The summed E-state index contributed by atoms with van der Waals surface area (Å²) in [6, 6.07) is 7.19.